The molecule has 1 aliphatic heterocycles. The standard InChI is InChI=1S/C21H14Cl3N3O3S/c1-11-7-13(5-6-15(11)23)31(29,30)27-17-8-12(22)9-25-20(17)21-19-14(18(28)10-26-21)3-2-4-16(19)24/h2-9,27H,10H2,1H3. The van der Waals surface area contributed by atoms with Gasteiger partial charge >= 0.3 is 0 Å². The van der Waals surface area contributed by atoms with Crippen molar-refractivity contribution in [3.8, 4) is 0 Å². The minimum absolute atomic E-state index is 0.0273. The van der Waals surface area contributed by atoms with Crippen molar-refractivity contribution >= 4 is 62.0 Å². The number of benzene rings is 2. The number of hydrogen-bond donors (Lipinski definition) is 1. The van der Waals surface area contributed by atoms with E-state index in [9.17, 15) is 13.2 Å². The van der Waals surface area contributed by atoms with Crippen LogP contribution in [0.1, 0.15) is 27.2 Å². The van der Waals surface area contributed by atoms with E-state index in [4.69, 9.17) is 34.8 Å². The Kier molecular flexibility index (Phi) is 5.79. The van der Waals surface area contributed by atoms with Gasteiger partial charge in [-0.25, -0.2) is 8.42 Å². The second-order valence-electron chi connectivity index (χ2n) is 6.82. The highest BCUT2D eigenvalue weighted by molar-refractivity contribution is 7.92. The maximum absolute atomic E-state index is 13.0. The molecule has 158 valence electrons. The number of carbonyl (C=O) groups excluding carboxylic acids is 1. The summed E-state index contributed by atoms with van der Waals surface area (Å²) in [6, 6.07) is 10.8. The van der Waals surface area contributed by atoms with Crippen molar-refractivity contribution in [2.75, 3.05) is 11.3 Å². The molecule has 6 nitrogen and oxygen atoms in total. The molecule has 0 aliphatic carbocycles. The van der Waals surface area contributed by atoms with Gasteiger partial charge in [-0.05, 0) is 42.8 Å². The van der Waals surface area contributed by atoms with E-state index in [1.807, 2.05) is 0 Å². The Morgan fingerprint density at radius 2 is 1.81 bits per heavy atom. The van der Waals surface area contributed by atoms with Crippen molar-refractivity contribution < 1.29 is 13.2 Å². The van der Waals surface area contributed by atoms with E-state index in [2.05, 4.69) is 14.7 Å². The topological polar surface area (TPSA) is 88.5 Å². The molecule has 0 saturated heterocycles. The Bertz CT molecular complexity index is 1370. The quantitative estimate of drug-likeness (QED) is 0.541. The fourth-order valence-corrected chi connectivity index (χ4v) is 4.88. The number of aromatic nitrogens is 1. The number of fused-ring (bicyclic) bond motifs is 1. The van der Waals surface area contributed by atoms with Crippen LogP contribution in [0.2, 0.25) is 15.1 Å². The van der Waals surface area contributed by atoms with Crippen LogP contribution < -0.4 is 4.72 Å². The molecule has 1 aromatic heterocycles. The Labute approximate surface area is 193 Å². The molecule has 0 bridgehead atoms. The number of halogens is 3. The minimum Gasteiger partial charge on any atom is -0.292 e. The smallest absolute Gasteiger partial charge is 0.261 e. The van der Waals surface area contributed by atoms with E-state index in [1.165, 1.54) is 30.5 Å². The molecule has 0 radical (unpaired) electrons. The third kappa shape index (κ3) is 4.19. The number of Topliss-reactive ketones (excluding diaryl/α,β-unsaturated/α-hetero) is 1. The summed E-state index contributed by atoms with van der Waals surface area (Å²) in [6.07, 6.45) is 1.37. The summed E-state index contributed by atoms with van der Waals surface area (Å²) in [5, 5.41) is 0.986. The molecule has 2 aromatic carbocycles. The maximum Gasteiger partial charge on any atom is 0.261 e. The molecular weight excluding hydrogens is 481 g/mol. The molecule has 0 amide bonds. The summed E-state index contributed by atoms with van der Waals surface area (Å²) in [5.41, 5.74) is 2.04. The summed E-state index contributed by atoms with van der Waals surface area (Å²) in [5.74, 6) is -0.186. The summed E-state index contributed by atoms with van der Waals surface area (Å²) in [6.45, 7) is 1.61. The Hall–Kier alpha value is -2.45. The van der Waals surface area contributed by atoms with E-state index in [-0.39, 0.29) is 33.6 Å². The first-order chi connectivity index (χ1) is 14.7. The van der Waals surface area contributed by atoms with Gasteiger partial charge in [0.25, 0.3) is 10.0 Å². The number of carbonyl (C=O) groups is 1. The lowest BCUT2D eigenvalue weighted by molar-refractivity contribution is 0.1000. The van der Waals surface area contributed by atoms with Gasteiger partial charge in [0.2, 0.25) is 0 Å². The van der Waals surface area contributed by atoms with E-state index < -0.39 is 10.0 Å². The minimum atomic E-state index is -3.99. The number of anilines is 1. The summed E-state index contributed by atoms with van der Waals surface area (Å²) >= 11 is 18.5. The average molecular weight is 495 g/mol. The van der Waals surface area contributed by atoms with Gasteiger partial charge in [-0.1, -0.05) is 46.9 Å². The van der Waals surface area contributed by atoms with E-state index in [1.54, 1.807) is 25.1 Å². The Balaban J connectivity index is 1.83. The Morgan fingerprint density at radius 1 is 1.03 bits per heavy atom. The summed E-state index contributed by atoms with van der Waals surface area (Å²) in [4.78, 5) is 20.9. The highest BCUT2D eigenvalue weighted by Crippen LogP contribution is 2.31. The average Bonchev–Trinajstić information content (AvgIpc) is 2.71. The number of hydrogen-bond acceptors (Lipinski definition) is 5. The molecule has 31 heavy (non-hydrogen) atoms. The van der Waals surface area contributed by atoms with Gasteiger partial charge in [0, 0.05) is 22.3 Å². The number of aliphatic imine (C=N–C) groups is 1. The van der Waals surface area contributed by atoms with E-state index >= 15 is 0 Å². The third-order valence-electron chi connectivity index (χ3n) is 4.69. The number of aryl methyl sites for hydroxylation is 1. The fourth-order valence-electron chi connectivity index (χ4n) is 3.20. The van der Waals surface area contributed by atoms with Crippen LogP contribution in [0.15, 0.2) is 58.5 Å². The molecular formula is C21H14Cl3N3O3S. The predicted octanol–water partition coefficient (Wildman–Crippen LogP) is 5.18. The highest BCUT2D eigenvalue weighted by Gasteiger charge is 2.28. The zero-order valence-corrected chi connectivity index (χ0v) is 19.1. The molecule has 3 aromatic rings. The van der Waals surface area contributed by atoms with Crippen LogP contribution in [0.4, 0.5) is 5.69 Å². The molecule has 0 fully saturated rings. The van der Waals surface area contributed by atoms with E-state index in [0.29, 0.717) is 32.4 Å². The largest absolute Gasteiger partial charge is 0.292 e. The summed E-state index contributed by atoms with van der Waals surface area (Å²) in [7, 11) is -3.99. The van der Waals surface area contributed by atoms with Crippen molar-refractivity contribution in [2.24, 2.45) is 4.99 Å². The SMILES string of the molecule is Cc1cc(S(=O)(=O)Nc2cc(Cl)cnc2C2=NCC(=O)c3cccc(Cl)c32)ccc1Cl. The second kappa shape index (κ2) is 8.24. The molecule has 0 spiro atoms. The zero-order valence-electron chi connectivity index (χ0n) is 16.0. The zero-order chi connectivity index (χ0) is 22.3. The first kappa shape index (κ1) is 21.8. The van der Waals surface area contributed by atoms with Crippen LogP contribution in [0.3, 0.4) is 0 Å². The van der Waals surface area contributed by atoms with Gasteiger partial charge in [-0.3, -0.25) is 19.5 Å². The monoisotopic (exact) mass is 493 g/mol. The molecule has 0 unspecified atom stereocenters. The van der Waals surface area contributed by atoms with Crippen LogP contribution in [0, 0.1) is 6.92 Å². The molecule has 1 aliphatic rings. The van der Waals surface area contributed by atoms with Gasteiger partial charge in [-0.2, -0.15) is 0 Å². The highest BCUT2D eigenvalue weighted by atomic mass is 35.5. The van der Waals surface area contributed by atoms with Crippen molar-refractivity contribution in [3.05, 3.63) is 86.1 Å². The van der Waals surface area contributed by atoms with Crippen LogP contribution in [0.5, 0.6) is 0 Å². The lowest BCUT2D eigenvalue weighted by Crippen LogP contribution is -2.23. The van der Waals surface area contributed by atoms with Gasteiger partial charge in [0.1, 0.15) is 12.2 Å². The van der Waals surface area contributed by atoms with Crippen LogP contribution in [-0.2, 0) is 10.0 Å². The Morgan fingerprint density at radius 3 is 2.55 bits per heavy atom. The number of ketones is 1. The fraction of sp³-hybridized carbons (Fsp3) is 0.0952. The molecule has 1 N–H and O–H groups in total. The van der Waals surface area contributed by atoms with Crippen molar-refractivity contribution in [2.45, 2.75) is 11.8 Å². The molecule has 4 rings (SSSR count). The number of nitrogens with zero attached hydrogens (tertiary/aromatic N) is 2. The van der Waals surface area contributed by atoms with Crippen LogP contribution in [-0.4, -0.2) is 31.4 Å². The van der Waals surface area contributed by atoms with Crippen molar-refractivity contribution in [1.82, 2.24) is 4.98 Å². The normalized spacial score (nSPS) is 13.5. The number of nitrogens with one attached hydrogen (secondary N) is 1. The van der Waals surface area contributed by atoms with Crippen molar-refractivity contribution in [3.63, 3.8) is 0 Å². The first-order valence-corrected chi connectivity index (χ1v) is 11.6. The lowest BCUT2D eigenvalue weighted by Gasteiger charge is -2.19. The molecule has 10 heteroatoms. The first-order valence-electron chi connectivity index (χ1n) is 8.99. The molecule has 0 atom stereocenters. The van der Waals surface area contributed by atoms with Gasteiger partial charge in [0.05, 0.1) is 26.3 Å². The molecule has 0 saturated carbocycles. The van der Waals surface area contributed by atoms with Crippen LogP contribution >= 0.6 is 34.8 Å². The molecule has 2 heterocycles. The van der Waals surface area contributed by atoms with Crippen LogP contribution in [0.25, 0.3) is 0 Å². The maximum atomic E-state index is 13.0. The number of pyridine rings is 1. The number of rotatable bonds is 4. The van der Waals surface area contributed by atoms with Gasteiger partial charge in [-0.15, -0.1) is 0 Å². The van der Waals surface area contributed by atoms with Gasteiger partial charge < -0.3 is 0 Å². The predicted molar refractivity (Wildman–Crippen MR) is 123 cm³/mol. The number of sulfonamides is 1. The third-order valence-corrected chi connectivity index (χ3v) is 7.00. The lowest BCUT2D eigenvalue weighted by atomic mass is 9.94. The van der Waals surface area contributed by atoms with E-state index in [0.717, 1.165) is 0 Å². The van der Waals surface area contributed by atoms with Gasteiger partial charge in [0.15, 0.2) is 5.78 Å². The second-order valence-corrected chi connectivity index (χ2v) is 9.75. The summed E-state index contributed by atoms with van der Waals surface area (Å²) < 4.78 is 28.6. The van der Waals surface area contributed by atoms with Crippen molar-refractivity contribution in [1.29, 1.82) is 0 Å².